The minimum atomic E-state index is -5.06. The van der Waals surface area contributed by atoms with Crippen molar-refractivity contribution >= 4 is 17.4 Å². The van der Waals surface area contributed by atoms with Crippen molar-refractivity contribution in [1.29, 1.82) is 0 Å². The van der Waals surface area contributed by atoms with Crippen molar-refractivity contribution in [2.24, 2.45) is 0 Å². The number of ketones is 1. The quantitative estimate of drug-likeness (QED) is 0.572. The Morgan fingerprint density at radius 3 is 2.18 bits per heavy atom. The first-order valence-corrected chi connectivity index (χ1v) is 4.72. The lowest BCUT2D eigenvalue weighted by atomic mass is 9.98. The highest BCUT2D eigenvalue weighted by molar-refractivity contribution is 6.31. The molecule has 0 heterocycles. The van der Waals surface area contributed by atoms with Gasteiger partial charge in [0.25, 0.3) is 6.43 Å². The Balaban J connectivity index is 3.68. The molecule has 0 unspecified atom stereocenters. The van der Waals surface area contributed by atoms with Gasteiger partial charge in [-0.05, 0) is 19.1 Å². The van der Waals surface area contributed by atoms with Gasteiger partial charge >= 0.3 is 6.18 Å². The summed E-state index contributed by atoms with van der Waals surface area (Å²) >= 11 is 5.32. The van der Waals surface area contributed by atoms with E-state index in [0.29, 0.717) is 0 Å². The molecule has 0 atom stereocenters. The van der Waals surface area contributed by atoms with E-state index >= 15 is 0 Å². The van der Waals surface area contributed by atoms with Crippen molar-refractivity contribution in [3.63, 3.8) is 0 Å². The van der Waals surface area contributed by atoms with E-state index in [2.05, 4.69) is 0 Å². The van der Waals surface area contributed by atoms with Crippen LogP contribution in [0.2, 0.25) is 5.02 Å². The van der Waals surface area contributed by atoms with Crippen LogP contribution in [-0.4, -0.2) is 5.78 Å². The maximum Gasteiger partial charge on any atom is 0.417 e. The Morgan fingerprint density at radius 2 is 1.82 bits per heavy atom. The van der Waals surface area contributed by atoms with Gasteiger partial charge in [0.1, 0.15) is 0 Å². The van der Waals surface area contributed by atoms with Gasteiger partial charge in [0.05, 0.1) is 10.6 Å². The maximum absolute atomic E-state index is 12.7. The molecule has 0 radical (unpaired) electrons. The van der Waals surface area contributed by atoms with Crippen molar-refractivity contribution in [2.75, 3.05) is 0 Å². The molecule has 0 saturated heterocycles. The minimum absolute atomic E-state index is 0.711. The highest BCUT2D eigenvalue weighted by atomic mass is 35.5. The fourth-order valence-electron chi connectivity index (χ4n) is 1.41. The minimum Gasteiger partial charge on any atom is -0.294 e. The number of carbonyl (C=O) groups is 1. The van der Waals surface area contributed by atoms with Gasteiger partial charge in [-0.3, -0.25) is 4.79 Å². The standard InChI is InChI=1S/C10H6ClF5O/c1-4(17)5-2-3-6(11)7(9(12)13)8(5)10(14,15)16/h2-3,9H,1H3. The fourth-order valence-corrected chi connectivity index (χ4v) is 1.65. The maximum atomic E-state index is 12.7. The highest BCUT2D eigenvalue weighted by Gasteiger charge is 2.40. The monoisotopic (exact) mass is 272 g/mol. The van der Waals surface area contributed by atoms with Crippen LogP contribution in [-0.2, 0) is 6.18 Å². The second kappa shape index (κ2) is 4.60. The normalized spacial score (nSPS) is 12.0. The molecule has 0 amide bonds. The molecule has 0 aliphatic carbocycles. The van der Waals surface area contributed by atoms with Crippen LogP contribution in [0.1, 0.15) is 34.8 Å². The molecule has 1 aromatic carbocycles. The molecule has 0 aliphatic rings. The van der Waals surface area contributed by atoms with Crippen LogP contribution in [0.25, 0.3) is 0 Å². The van der Waals surface area contributed by atoms with Crippen molar-refractivity contribution < 1.29 is 26.7 Å². The third-order valence-electron chi connectivity index (χ3n) is 2.07. The Morgan fingerprint density at radius 1 is 1.29 bits per heavy atom. The summed E-state index contributed by atoms with van der Waals surface area (Å²) in [5.41, 5.74) is -3.82. The molecule has 0 bridgehead atoms. The smallest absolute Gasteiger partial charge is 0.294 e. The second-order valence-electron chi connectivity index (χ2n) is 3.24. The third-order valence-corrected chi connectivity index (χ3v) is 2.40. The van der Waals surface area contributed by atoms with Crippen LogP contribution in [0.15, 0.2) is 12.1 Å². The van der Waals surface area contributed by atoms with Crippen molar-refractivity contribution in [1.82, 2.24) is 0 Å². The summed E-state index contributed by atoms with van der Waals surface area (Å²) in [4.78, 5) is 11.0. The molecule has 0 N–H and O–H groups in total. The van der Waals surface area contributed by atoms with Crippen LogP contribution >= 0.6 is 11.6 Å². The van der Waals surface area contributed by atoms with E-state index in [1.165, 1.54) is 0 Å². The van der Waals surface area contributed by atoms with Gasteiger partial charge in [0, 0.05) is 11.1 Å². The van der Waals surface area contributed by atoms with Gasteiger partial charge in [-0.1, -0.05) is 11.6 Å². The number of carbonyl (C=O) groups excluding carboxylic acids is 1. The van der Waals surface area contributed by atoms with Gasteiger partial charge in [-0.15, -0.1) is 0 Å². The average Bonchev–Trinajstić information content (AvgIpc) is 2.14. The van der Waals surface area contributed by atoms with Crippen LogP contribution in [0.5, 0.6) is 0 Å². The molecule has 0 fully saturated rings. The van der Waals surface area contributed by atoms with E-state index < -0.39 is 40.1 Å². The van der Waals surface area contributed by atoms with Crippen LogP contribution in [0.4, 0.5) is 22.0 Å². The SMILES string of the molecule is CC(=O)c1ccc(Cl)c(C(F)F)c1C(F)(F)F. The molecule has 0 spiro atoms. The number of halogens is 6. The zero-order chi connectivity index (χ0) is 13.4. The Kier molecular flexibility index (Phi) is 3.76. The average molecular weight is 273 g/mol. The van der Waals surface area contributed by atoms with Crippen LogP contribution in [0.3, 0.4) is 0 Å². The molecule has 1 aromatic rings. The molecular formula is C10H6ClF5O. The lowest BCUT2D eigenvalue weighted by Crippen LogP contribution is -2.16. The van der Waals surface area contributed by atoms with Crippen molar-refractivity contribution in [3.05, 3.63) is 33.8 Å². The van der Waals surface area contributed by atoms with E-state index in [1.807, 2.05) is 0 Å². The fraction of sp³-hybridized carbons (Fsp3) is 0.300. The zero-order valence-corrected chi connectivity index (χ0v) is 9.16. The zero-order valence-electron chi connectivity index (χ0n) is 8.41. The summed E-state index contributed by atoms with van der Waals surface area (Å²) < 4.78 is 63.1. The number of hydrogen-bond donors (Lipinski definition) is 0. The van der Waals surface area contributed by atoms with Gasteiger partial charge < -0.3 is 0 Å². The number of rotatable bonds is 2. The molecule has 0 aliphatic heterocycles. The molecule has 1 nitrogen and oxygen atoms in total. The lowest BCUT2D eigenvalue weighted by molar-refractivity contribution is -0.139. The molecule has 0 aromatic heterocycles. The van der Waals surface area contributed by atoms with Crippen LogP contribution in [0, 0.1) is 0 Å². The van der Waals surface area contributed by atoms with Gasteiger partial charge in [-0.2, -0.15) is 13.2 Å². The molecule has 7 heteroatoms. The summed E-state index contributed by atoms with van der Waals surface area (Å²) in [5, 5.41) is -0.711. The first kappa shape index (κ1) is 13.9. The molecule has 94 valence electrons. The number of benzene rings is 1. The topological polar surface area (TPSA) is 17.1 Å². The van der Waals surface area contributed by atoms with Gasteiger partial charge in [0.2, 0.25) is 0 Å². The van der Waals surface area contributed by atoms with Crippen LogP contribution < -0.4 is 0 Å². The number of hydrogen-bond acceptors (Lipinski definition) is 1. The number of alkyl halides is 5. The lowest BCUT2D eigenvalue weighted by Gasteiger charge is -2.16. The predicted octanol–water partition coefficient (Wildman–Crippen LogP) is 4.50. The Bertz CT molecular complexity index is 453. The summed E-state index contributed by atoms with van der Waals surface area (Å²) in [5.74, 6) is -0.948. The van der Waals surface area contributed by atoms with E-state index in [0.717, 1.165) is 19.1 Å². The molecule has 17 heavy (non-hydrogen) atoms. The summed E-state index contributed by atoms with van der Waals surface area (Å²) in [6.45, 7) is 0.869. The van der Waals surface area contributed by atoms with Gasteiger partial charge in [-0.25, -0.2) is 8.78 Å². The predicted molar refractivity (Wildman–Crippen MR) is 51.4 cm³/mol. The van der Waals surface area contributed by atoms with Crippen molar-refractivity contribution in [3.8, 4) is 0 Å². The first-order chi connectivity index (χ1) is 7.66. The molecular weight excluding hydrogens is 267 g/mol. The highest BCUT2D eigenvalue weighted by Crippen LogP contribution is 2.42. The summed E-state index contributed by atoms with van der Waals surface area (Å²) in [7, 11) is 0. The van der Waals surface area contributed by atoms with E-state index in [-0.39, 0.29) is 0 Å². The summed E-state index contributed by atoms with van der Waals surface area (Å²) in [6, 6.07) is 1.65. The summed E-state index contributed by atoms with van der Waals surface area (Å²) in [6.07, 6.45) is -8.46. The first-order valence-electron chi connectivity index (χ1n) is 4.35. The molecule has 0 saturated carbocycles. The Hall–Kier alpha value is -1.17. The van der Waals surface area contributed by atoms with E-state index in [1.54, 1.807) is 0 Å². The van der Waals surface area contributed by atoms with Gasteiger partial charge in [0.15, 0.2) is 5.78 Å². The van der Waals surface area contributed by atoms with E-state index in [4.69, 9.17) is 11.6 Å². The van der Waals surface area contributed by atoms with Crippen molar-refractivity contribution in [2.45, 2.75) is 19.5 Å². The molecule has 1 rings (SSSR count). The number of Topliss-reactive ketones (excluding diaryl/α,β-unsaturated/α-hetero) is 1. The largest absolute Gasteiger partial charge is 0.417 e. The second-order valence-corrected chi connectivity index (χ2v) is 3.65. The Labute approximate surface area is 98.2 Å². The third kappa shape index (κ3) is 2.74. The van der Waals surface area contributed by atoms with E-state index in [9.17, 15) is 26.7 Å².